The van der Waals surface area contributed by atoms with Gasteiger partial charge in [0.1, 0.15) is 18.1 Å². The van der Waals surface area contributed by atoms with Crippen molar-refractivity contribution in [3.63, 3.8) is 0 Å². The normalized spacial score (nSPS) is 23.3. The molecule has 0 aromatic heterocycles. The number of methoxy groups -OCH3 is 1. The molecule has 94 valence electrons. The Morgan fingerprint density at radius 1 is 1.18 bits per heavy atom. The lowest BCUT2D eigenvalue weighted by molar-refractivity contribution is 0.236. The monoisotopic (exact) mass is 235 g/mol. The van der Waals surface area contributed by atoms with E-state index < -0.39 is 0 Å². The van der Waals surface area contributed by atoms with Crippen molar-refractivity contribution in [2.24, 2.45) is 0 Å². The van der Waals surface area contributed by atoms with E-state index in [9.17, 15) is 0 Å². The summed E-state index contributed by atoms with van der Waals surface area (Å²) in [6.45, 7) is 8.62. The van der Waals surface area contributed by atoms with Gasteiger partial charge in [0.25, 0.3) is 0 Å². The number of rotatable bonds is 4. The summed E-state index contributed by atoms with van der Waals surface area (Å²) in [6, 6.07) is 8.30. The standard InChI is InChI=1S/C14H21NO2/c1-14(2,3)15-9-11(15)10-17-13-7-5-12(16-4)6-8-13/h5-8,11H,9-10H2,1-4H3. The molecule has 0 amide bonds. The molecule has 0 saturated carbocycles. The molecule has 0 spiro atoms. The zero-order chi connectivity index (χ0) is 12.5. The minimum Gasteiger partial charge on any atom is -0.497 e. The van der Waals surface area contributed by atoms with Crippen LogP contribution in [0, 0.1) is 0 Å². The van der Waals surface area contributed by atoms with Crippen molar-refractivity contribution in [3.05, 3.63) is 24.3 Å². The maximum absolute atomic E-state index is 5.76. The Labute approximate surface area is 103 Å². The summed E-state index contributed by atoms with van der Waals surface area (Å²) in [7, 11) is 1.67. The summed E-state index contributed by atoms with van der Waals surface area (Å²) in [5, 5.41) is 0. The van der Waals surface area contributed by atoms with Crippen LogP contribution in [0.25, 0.3) is 0 Å². The second kappa shape index (κ2) is 4.57. The van der Waals surface area contributed by atoms with Gasteiger partial charge in [-0.25, -0.2) is 0 Å². The number of nitrogens with zero attached hydrogens (tertiary/aromatic N) is 1. The van der Waals surface area contributed by atoms with Crippen molar-refractivity contribution in [1.82, 2.24) is 4.90 Å². The lowest BCUT2D eigenvalue weighted by atomic mass is 10.1. The Bertz CT molecular complexity index is 367. The molecule has 1 fully saturated rings. The fraction of sp³-hybridized carbons (Fsp3) is 0.571. The van der Waals surface area contributed by atoms with Crippen LogP contribution in [0.1, 0.15) is 20.8 Å². The van der Waals surface area contributed by atoms with Crippen molar-refractivity contribution in [3.8, 4) is 11.5 Å². The van der Waals surface area contributed by atoms with E-state index in [1.165, 1.54) is 0 Å². The predicted octanol–water partition coefficient (Wildman–Crippen LogP) is 2.56. The van der Waals surface area contributed by atoms with Gasteiger partial charge in [0.05, 0.1) is 13.2 Å². The van der Waals surface area contributed by atoms with E-state index in [4.69, 9.17) is 9.47 Å². The van der Waals surface area contributed by atoms with E-state index in [1.54, 1.807) is 7.11 Å². The van der Waals surface area contributed by atoms with Gasteiger partial charge >= 0.3 is 0 Å². The SMILES string of the molecule is COc1ccc(OCC2CN2C(C)(C)C)cc1. The summed E-state index contributed by atoms with van der Waals surface area (Å²) in [5.74, 6) is 1.77. The number of hydrogen-bond acceptors (Lipinski definition) is 3. The van der Waals surface area contributed by atoms with Crippen LogP contribution < -0.4 is 9.47 Å². The van der Waals surface area contributed by atoms with Gasteiger partial charge in [0.2, 0.25) is 0 Å². The highest BCUT2D eigenvalue weighted by atomic mass is 16.5. The van der Waals surface area contributed by atoms with Crippen molar-refractivity contribution in [2.75, 3.05) is 20.3 Å². The first kappa shape index (κ1) is 12.2. The van der Waals surface area contributed by atoms with E-state index in [0.717, 1.165) is 24.7 Å². The molecule has 3 heteroatoms. The van der Waals surface area contributed by atoms with Gasteiger partial charge < -0.3 is 9.47 Å². The molecule has 0 bridgehead atoms. The molecule has 2 unspecified atom stereocenters. The molecular formula is C14H21NO2. The second-order valence-electron chi connectivity index (χ2n) is 5.46. The Hall–Kier alpha value is -1.22. The van der Waals surface area contributed by atoms with Gasteiger partial charge in [0, 0.05) is 12.1 Å². The molecule has 1 aromatic carbocycles. The summed E-state index contributed by atoms with van der Waals surface area (Å²) < 4.78 is 10.9. The quantitative estimate of drug-likeness (QED) is 0.749. The van der Waals surface area contributed by atoms with Crippen LogP contribution in [0.2, 0.25) is 0 Å². The Balaban J connectivity index is 1.79. The van der Waals surface area contributed by atoms with Crippen molar-refractivity contribution in [2.45, 2.75) is 32.4 Å². The van der Waals surface area contributed by atoms with Gasteiger partial charge in [-0.3, -0.25) is 4.90 Å². The smallest absolute Gasteiger partial charge is 0.119 e. The average molecular weight is 235 g/mol. The first-order chi connectivity index (χ1) is 8.00. The molecule has 0 N–H and O–H groups in total. The molecule has 2 atom stereocenters. The van der Waals surface area contributed by atoms with Gasteiger partial charge in [-0.15, -0.1) is 0 Å². The zero-order valence-corrected chi connectivity index (χ0v) is 11.1. The van der Waals surface area contributed by atoms with Gasteiger partial charge in [-0.2, -0.15) is 0 Å². The average Bonchev–Trinajstić information content (AvgIpc) is 3.06. The van der Waals surface area contributed by atoms with E-state index in [2.05, 4.69) is 25.7 Å². The minimum atomic E-state index is 0.258. The van der Waals surface area contributed by atoms with E-state index in [0.29, 0.717) is 6.04 Å². The second-order valence-corrected chi connectivity index (χ2v) is 5.46. The summed E-state index contributed by atoms with van der Waals surface area (Å²) in [4.78, 5) is 2.44. The molecule has 1 aliphatic rings. The molecule has 2 rings (SSSR count). The highest BCUT2D eigenvalue weighted by Gasteiger charge is 2.42. The minimum absolute atomic E-state index is 0.258. The van der Waals surface area contributed by atoms with Gasteiger partial charge in [0.15, 0.2) is 0 Å². The molecule has 17 heavy (non-hydrogen) atoms. The van der Waals surface area contributed by atoms with Crippen molar-refractivity contribution < 1.29 is 9.47 Å². The van der Waals surface area contributed by atoms with E-state index in [1.807, 2.05) is 24.3 Å². The third-order valence-corrected chi connectivity index (χ3v) is 3.08. The molecule has 1 saturated heterocycles. The third-order valence-electron chi connectivity index (χ3n) is 3.08. The largest absolute Gasteiger partial charge is 0.497 e. The van der Waals surface area contributed by atoms with Crippen LogP contribution in [-0.4, -0.2) is 36.7 Å². The molecule has 1 aromatic rings. The maximum Gasteiger partial charge on any atom is 0.119 e. The van der Waals surface area contributed by atoms with Crippen molar-refractivity contribution >= 4 is 0 Å². The number of hydrogen-bond donors (Lipinski definition) is 0. The fourth-order valence-electron chi connectivity index (χ4n) is 2.01. The van der Waals surface area contributed by atoms with Crippen LogP contribution in [0.3, 0.4) is 0 Å². The highest BCUT2D eigenvalue weighted by Crippen LogP contribution is 2.29. The van der Waals surface area contributed by atoms with Crippen LogP contribution in [0.5, 0.6) is 11.5 Å². The topological polar surface area (TPSA) is 21.5 Å². The van der Waals surface area contributed by atoms with Crippen LogP contribution >= 0.6 is 0 Å². The zero-order valence-electron chi connectivity index (χ0n) is 11.1. The molecule has 0 aliphatic carbocycles. The first-order valence-corrected chi connectivity index (χ1v) is 6.04. The third kappa shape index (κ3) is 3.13. The molecule has 0 radical (unpaired) electrons. The van der Waals surface area contributed by atoms with Gasteiger partial charge in [-0.1, -0.05) is 0 Å². The molecular weight excluding hydrogens is 214 g/mol. The van der Waals surface area contributed by atoms with Crippen LogP contribution in [0.15, 0.2) is 24.3 Å². The first-order valence-electron chi connectivity index (χ1n) is 6.04. The Morgan fingerprint density at radius 2 is 1.76 bits per heavy atom. The number of ether oxygens (including phenoxy) is 2. The lowest BCUT2D eigenvalue weighted by Gasteiger charge is -2.21. The predicted molar refractivity (Wildman–Crippen MR) is 68.7 cm³/mol. The van der Waals surface area contributed by atoms with E-state index in [-0.39, 0.29) is 5.54 Å². The Kier molecular flexibility index (Phi) is 3.29. The van der Waals surface area contributed by atoms with Crippen LogP contribution in [-0.2, 0) is 0 Å². The van der Waals surface area contributed by atoms with Crippen molar-refractivity contribution in [1.29, 1.82) is 0 Å². The Morgan fingerprint density at radius 3 is 2.24 bits per heavy atom. The summed E-state index contributed by atoms with van der Waals surface area (Å²) in [5.41, 5.74) is 0.258. The van der Waals surface area contributed by atoms with E-state index >= 15 is 0 Å². The molecule has 3 nitrogen and oxygen atoms in total. The maximum atomic E-state index is 5.76. The van der Waals surface area contributed by atoms with Gasteiger partial charge in [-0.05, 0) is 45.0 Å². The fourth-order valence-corrected chi connectivity index (χ4v) is 2.01. The summed E-state index contributed by atoms with van der Waals surface area (Å²) in [6.07, 6.45) is 0. The molecule has 1 heterocycles. The number of benzene rings is 1. The summed E-state index contributed by atoms with van der Waals surface area (Å²) >= 11 is 0. The van der Waals surface area contributed by atoms with Crippen LogP contribution in [0.4, 0.5) is 0 Å². The lowest BCUT2D eigenvalue weighted by Crippen LogP contribution is -2.29. The molecule has 1 aliphatic heterocycles. The highest BCUT2D eigenvalue weighted by molar-refractivity contribution is 5.31.